The van der Waals surface area contributed by atoms with E-state index < -0.39 is 6.04 Å². The Bertz CT molecular complexity index is 2030. The molecule has 0 bridgehead atoms. The zero-order chi connectivity index (χ0) is 24.7. The van der Waals surface area contributed by atoms with Gasteiger partial charge in [-0.25, -0.2) is 0 Å². The number of hydrogen-bond acceptors (Lipinski definition) is 0. The van der Waals surface area contributed by atoms with E-state index in [-0.39, 0.29) is 29.9 Å². The molecule has 1 heterocycles. The SMILES string of the molecule is [2H]c1c([2H])c([2H])c(-n2c3c4ccccc4ccc3c3c4ccccc4c4ccccc4c32)c([2H])c1[2H]. The lowest BCUT2D eigenvalue weighted by molar-refractivity contribution is 1.19. The fraction of sp³-hybridized carbons (Fsp3) is 0. The molecule has 144 valence electrons. The highest BCUT2D eigenvalue weighted by Gasteiger charge is 2.19. The van der Waals surface area contributed by atoms with Gasteiger partial charge in [-0.05, 0) is 33.6 Å². The molecule has 0 saturated heterocycles. The second kappa shape index (κ2) is 6.20. The number of aromatic nitrogens is 1. The molecule has 7 aromatic rings. The van der Waals surface area contributed by atoms with Crippen LogP contribution in [0.2, 0.25) is 0 Å². The first kappa shape index (κ1) is 12.6. The van der Waals surface area contributed by atoms with E-state index in [1.54, 1.807) is 0 Å². The zero-order valence-corrected chi connectivity index (χ0v) is 16.5. The van der Waals surface area contributed by atoms with Crippen molar-refractivity contribution in [3.05, 3.63) is 115 Å². The van der Waals surface area contributed by atoms with Gasteiger partial charge in [-0.1, -0.05) is 103 Å². The Morgan fingerprint density at radius 1 is 0.484 bits per heavy atom. The van der Waals surface area contributed by atoms with Crippen LogP contribution >= 0.6 is 0 Å². The molecule has 0 radical (unpaired) electrons. The van der Waals surface area contributed by atoms with Crippen molar-refractivity contribution in [1.82, 2.24) is 4.57 Å². The summed E-state index contributed by atoms with van der Waals surface area (Å²) < 4.78 is 44.5. The smallest absolute Gasteiger partial charge is 0.0645 e. The normalized spacial score (nSPS) is 14.1. The zero-order valence-electron chi connectivity index (χ0n) is 21.5. The van der Waals surface area contributed by atoms with Crippen LogP contribution in [0, 0.1) is 0 Å². The summed E-state index contributed by atoms with van der Waals surface area (Å²) in [7, 11) is 0. The van der Waals surface area contributed by atoms with Gasteiger partial charge in [-0.2, -0.15) is 0 Å². The lowest BCUT2D eigenvalue weighted by Crippen LogP contribution is -1.95. The van der Waals surface area contributed by atoms with Crippen molar-refractivity contribution in [3.63, 3.8) is 0 Å². The van der Waals surface area contributed by atoms with Gasteiger partial charge in [0.1, 0.15) is 0 Å². The largest absolute Gasteiger partial charge is 0.308 e. The molecule has 0 amide bonds. The Kier molecular flexibility index (Phi) is 2.51. The minimum absolute atomic E-state index is 0.165. The van der Waals surface area contributed by atoms with Crippen LogP contribution in [0.1, 0.15) is 6.85 Å². The van der Waals surface area contributed by atoms with Gasteiger partial charge in [0.25, 0.3) is 0 Å². The van der Waals surface area contributed by atoms with Crippen molar-refractivity contribution < 1.29 is 6.85 Å². The molecule has 1 nitrogen and oxygen atoms in total. The molecule has 0 unspecified atom stereocenters. The number of para-hydroxylation sites is 1. The first-order valence-electron chi connectivity index (χ1n) is 12.8. The third-order valence-electron chi connectivity index (χ3n) is 6.23. The molecule has 1 aromatic heterocycles. The summed E-state index contributed by atoms with van der Waals surface area (Å²) >= 11 is 0. The van der Waals surface area contributed by atoms with Crippen molar-refractivity contribution in [2.24, 2.45) is 0 Å². The van der Waals surface area contributed by atoms with E-state index in [1.807, 2.05) is 53.1 Å². The summed E-state index contributed by atoms with van der Waals surface area (Å²) in [6.07, 6.45) is 0. The first-order valence-corrected chi connectivity index (χ1v) is 10.3. The number of hydrogen-bond donors (Lipinski definition) is 0. The maximum Gasteiger partial charge on any atom is 0.0645 e. The first-order chi connectivity index (χ1) is 17.5. The van der Waals surface area contributed by atoms with Gasteiger partial charge < -0.3 is 4.57 Å². The lowest BCUT2D eigenvalue weighted by Gasteiger charge is -2.12. The summed E-state index contributed by atoms with van der Waals surface area (Å²) in [4.78, 5) is 0. The Morgan fingerprint density at radius 3 is 1.87 bits per heavy atom. The quantitative estimate of drug-likeness (QED) is 0.245. The van der Waals surface area contributed by atoms with Crippen molar-refractivity contribution in [2.75, 3.05) is 0 Å². The molecule has 0 saturated carbocycles. The molecule has 0 aliphatic carbocycles. The van der Waals surface area contributed by atoms with E-state index in [4.69, 9.17) is 6.85 Å². The van der Waals surface area contributed by atoms with Crippen LogP contribution < -0.4 is 0 Å². The Balaban J connectivity index is 1.90. The molecule has 0 spiro atoms. The standard InChI is InChI=1S/C30H19N/c1-2-11-21(12-3-1)31-29-22-13-5-4-10-20(22)18-19-27(29)28-25-16-8-6-14-23(25)24-15-7-9-17-26(24)30(28)31/h1-19H/i1D,2D,3D,11D,12D. The molecule has 0 fully saturated rings. The Morgan fingerprint density at radius 2 is 1.10 bits per heavy atom. The van der Waals surface area contributed by atoms with Gasteiger partial charge in [0.15, 0.2) is 0 Å². The fourth-order valence-corrected chi connectivity index (χ4v) is 5.02. The molecule has 7 rings (SSSR count). The van der Waals surface area contributed by atoms with E-state index in [0.29, 0.717) is 0 Å². The average molecular weight is 399 g/mol. The van der Waals surface area contributed by atoms with Crippen LogP contribution in [0.3, 0.4) is 0 Å². The maximum atomic E-state index is 8.85. The van der Waals surface area contributed by atoms with Crippen molar-refractivity contribution >= 4 is 54.1 Å². The fourth-order valence-electron chi connectivity index (χ4n) is 5.02. The molecule has 0 aliphatic rings. The summed E-state index contributed by atoms with van der Waals surface area (Å²) in [5.74, 6) is 0. The predicted molar refractivity (Wildman–Crippen MR) is 133 cm³/mol. The van der Waals surface area contributed by atoms with E-state index in [9.17, 15) is 0 Å². The van der Waals surface area contributed by atoms with E-state index in [0.717, 1.165) is 54.1 Å². The number of fused-ring (bicyclic) bond motifs is 10. The van der Waals surface area contributed by atoms with Crippen molar-refractivity contribution in [1.29, 1.82) is 0 Å². The van der Waals surface area contributed by atoms with Crippen molar-refractivity contribution in [3.8, 4) is 5.69 Å². The highest BCUT2D eigenvalue weighted by atomic mass is 15.0. The minimum atomic E-state index is -0.394. The van der Waals surface area contributed by atoms with Crippen LogP contribution in [0.5, 0.6) is 0 Å². The van der Waals surface area contributed by atoms with Crippen LogP contribution in [0.15, 0.2) is 115 Å². The maximum absolute atomic E-state index is 8.85. The molecular weight excluding hydrogens is 374 g/mol. The van der Waals surface area contributed by atoms with Gasteiger partial charge in [0, 0.05) is 27.2 Å². The van der Waals surface area contributed by atoms with Gasteiger partial charge in [0.05, 0.1) is 17.9 Å². The topological polar surface area (TPSA) is 4.93 Å². The highest BCUT2D eigenvalue weighted by molar-refractivity contribution is 6.34. The lowest BCUT2D eigenvalue weighted by atomic mass is 9.96. The molecular formula is C30H19N. The summed E-state index contributed by atoms with van der Waals surface area (Å²) in [6, 6.07) is 27.1. The number of rotatable bonds is 1. The van der Waals surface area contributed by atoms with Gasteiger partial charge in [-0.15, -0.1) is 0 Å². The van der Waals surface area contributed by atoms with E-state index in [1.165, 1.54) is 0 Å². The minimum Gasteiger partial charge on any atom is -0.308 e. The molecule has 1 heteroatoms. The summed E-state index contributed by atoms with van der Waals surface area (Å²) in [5, 5.41) is 8.20. The van der Waals surface area contributed by atoms with Gasteiger partial charge in [-0.3, -0.25) is 0 Å². The average Bonchev–Trinajstić information content (AvgIpc) is 3.27. The Hall–Kier alpha value is -4.10. The van der Waals surface area contributed by atoms with Gasteiger partial charge in [0.2, 0.25) is 0 Å². The third kappa shape index (κ3) is 2.21. The molecule has 6 aromatic carbocycles. The highest BCUT2D eigenvalue weighted by Crippen LogP contribution is 2.43. The second-order valence-electron chi connectivity index (χ2n) is 7.81. The van der Waals surface area contributed by atoms with Gasteiger partial charge >= 0.3 is 0 Å². The number of benzene rings is 6. The predicted octanol–water partition coefficient (Wildman–Crippen LogP) is 8.24. The van der Waals surface area contributed by atoms with Crippen LogP contribution in [0.4, 0.5) is 0 Å². The number of nitrogens with zero attached hydrogens (tertiary/aromatic N) is 1. The molecule has 0 aliphatic heterocycles. The Labute approximate surface area is 186 Å². The monoisotopic (exact) mass is 398 g/mol. The summed E-state index contributed by atoms with van der Waals surface area (Å²) in [6.45, 7) is 0. The third-order valence-corrected chi connectivity index (χ3v) is 6.23. The summed E-state index contributed by atoms with van der Waals surface area (Å²) in [5.41, 5.74) is 1.84. The van der Waals surface area contributed by atoms with Crippen LogP contribution in [0.25, 0.3) is 59.8 Å². The van der Waals surface area contributed by atoms with Crippen LogP contribution in [-0.4, -0.2) is 4.57 Å². The van der Waals surface area contributed by atoms with Crippen molar-refractivity contribution in [2.45, 2.75) is 0 Å². The molecule has 0 N–H and O–H groups in total. The molecule has 31 heavy (non-hydrogen) atoms. The van der Waals surface area contributed by atoms with Crippen LogP contribution in [-0.2, 0) is 0 Å². The molecule has 0 atom stereocenters. The second-order valence-corrected chi connectivity index (χ2v) is 7.81. The van der Waals surface area contributed by atoms with E-state index in [2.05, 4.69) is 36.4 Å². The van der Waals surface area contributed by atoms with E-state index >= 15 is 0 Å².